The third kappa shape index (κ3) is 4.13. The summed E-state index contributed by atoms with van der Waals surface area (Å²) in [7, 11) is 0. The van der Waals surface area contributed by atoms with Crippen LogP contribution in [-0.2, 0) is 9.59 Å². The van der Waals surface area contributed by atoms with Crippen molar-refractivity contribution in [3.8, 4) is 0 Å². The van der Waals surface area contributed by atoms with E-state index in [-0.39, 0.29) is 23.7 Å². The second-order valence-corrected chi connectivity index (χ2v) is 8.05. The normalized spacial score (nSPS) is 27.0. The molecule has 0 spiro atoms. The molecule has 1 N–H and O–H groups in total. The SMILES string of the molecule is O=C([C@@H]1CNC[C@H](C(=O)N2CCC(c3ccncn3)CC2)C1)N1CCCC1. The molecule has 1 aromatic heterocycles. The Morgan fingerprint density at radius 3 is 2.19 bits per heavy atom. The highest BCUT2D eigenvalue weighted by Gasteiger charge is 2.36. The fourth-order valence-electron chi connectivity index (χ4n) is 4.71. The number of carbonyl (C=O) groups excluding carboxylic acids is 2. The first-order valence-electron chi connectivity index (χ1n) is 10.3. The molecule has 0 aliphatic carbocycles. The molecule has 4 heterocycles. The monoisotopic (exact) mass is 371 g/mol. The van der Waals surface area contributed by atoms with Gasteiger partial charge in [-0.3, -0.25) is 9.59 Å². The highest BCUT2D eigenvalue weighted by Crippen LogP contribution is 2.29. The zero-order chi connectivity index (χ0) is 18.6. The van der Waals surface area contributed by atoms with Gasteiger partial charge in [0.1, 0.15) is 6.33 Å². The van der Waals surface area contributed by atoms with Gasteiger partial charge in [0.15, 0.2) is 0 Å². The fraction of sp³-hybridized carbons (Fsp3) is 0.700. The predicted octanol–water partition coefficient (Wildman–Crippen LogP) is 1.03. The number of amides is 2. The van der Waals surface area contributed by atoms with Crippen LogP contribution in [0.1, 0.15) is 43.7 Å². The van der Waals surface area contributed by atoms with Gasteiger partial charge in [-0.1, -0.05) is 0 Å². The maximum Gasteiger partial charge on any atom is 0.226 e. The van der Waals surface area contributed by atoms with Gasteiger partial charge in [0.25, 0.3) is 0 Å². The van der Waals surface area contributed by atoms with Gasteiger partial charge in [-0.25, -0.2) is 9.97 Å². The second kappa shape index (κ2) is 8.33. The van der Waals surface area contributed by atoms with Crippen molar-refractivity contribution in [2.24, 2.45) is 11.8 Å². The van der Waals surface area contributed by atoms with Gasteiger partial charge in [0.2, 0.25) is 11.8 Å². The molecular weight excluding hydrogens is 342 g/mol. The van der Waals surface area contributed by atoms with Crippen LogP contribution in [0, 0.1) is 11.8 Å². The van der Waals surface area contributed by atoms with Gasteiger partial charge < -0.3 is 15.1 Å². The average Bonchev–Trinajstić information content (AvgIpc) is 3.28. The maximum absolute atomic E-state index is 13.0. The van der Waals surface area contributed by atoms with Crippen molar-refractivity contribution in [1.29, 1.82) is 0 Å². The van der Waals surface area contributed by atoms with Crippen LogP contribution < -0.4 is 5.32 Å². The van der Waals surface area contributed by atoms with E-state index in [1.54, 1.807) is 12.5 Å². The van der Waals surface area contributed by atoms with Crippen molar-refractivity contribution in [2.75, 3.05) is 39.3 Å². The molecule has 0 unspecified atom stereocenters. The minimum atomic E-state index is -0.0779. The molecule has 0 aromatic carbocycles. The van der Waals surface area contributed by atoms with Crippen LogP contribution in [0.3, 0.4) is 0 Å². The summed E-state index contributed by atoms with van der Waals surface area (Å²) in [5.74, 6) is 0.726. The molecule has 0 saturated carbocycles. The summed E-state index contributed by atoms with van der Waals surface area (Å²) in [5, 5.41) is 3.33. The summed E-state index contributed by atoms with van der Waals surface area (Å²) in [6.45, 7) is 4.70. The molecule has 2 amide bonds. The van der Waals surface area contributed by atoms with Crippen LogP contribution in [0.2, 0.25) is 0 Å². The zero-order valence-corrected chi connectivity index (χ0v) is 15.8. The van der Waals surface area contributed by atoms with E-state index in [2.05, 4.69) is 15.3 Å². The Kier molecular flexibility index (Phi) is 5.66. The molecule has 1 aromatic rings. The Balaban J connectivity index is 1.31. The Morgan fingerprint density at radius 1 is 0.963 bits per heavy atom. The number of nitrogens with zero attached hydrogens (tertiary/aromatic N) is 4. The maximum atomic E-state index is 13.0. The van der Waals surface area contributed by atoms with Crippen molar-refractivity contribution in [3.63, 3.8) is 0 Å². The molecule has 7 nitrogen and oxygen atoms in total. The molecule has 3 aliphatic rings. The van der Waals surface area contributed by atoms with Crippen LogP contribution in [0.4, 0.5) is 0 Å². The lowest BCUT2D eigenvalue weighted by atomic mass is 9.87. The summed E-state index contributed by atoms with van der Waals surface area (Å²) in [5.41, 5.74) is 1.08. The summed E-state index contributed by atoms with van der Waals surface area (Å²) < 4.78 is 0. The first-order valence-corrected chi connectivity index (χ1v) is 10.3. The van der Waals surface area contributed by atoms with E-state index in [1.165, 1.54) is 0 Å². The fourth-order valence-corrected chi connectivity index (χ4v) is 4.71. The lowest BCUT2D eigenvalue weighted by molar-refractivity contribution is -0.140. The molecule has 3 fully saturated rings. The van der Waals surface area contributed by atoms with Crippen molar-refractivity contribution in [1.82, 2.24) is 25.1 Å². The van der Waals surface area contributed by atoms with Crippen molar-refractivity contribution in [2.45, 2.75) is 38.0 Å². The Bertz CT molecular complexity index is 654. The van der Waals surface area contributed by atoms with E-state index in [9.17, 15) is 9.59 Å². The minimum Gasteiger partial charge on any atom is -0.342 e. The third-order valence-electron chi connectivity index (χ3n) is 6.30. The Morgan fingerprint density at radius 2 is 1.59 bits per heavy atom. The van der Waals surface area contributed by atoms with Crippen molar-refractivity contribution in [3.05, 3.63) is 24.3 Å². The third-order valence-corrected chi connectivity index (χ3v) is 6.30. The molecule has 146 valence electrons. The first kappa shape index (κ1) is 18.3. The van der Waals surface area contributed by atoms with E-state index < -0.39 is 0 Å². The lowest BCUT2D eigenvalue weighted by Gasteiger charge is -2.37. The highest BCUT2D eigenvalue weighted by atomic mass is 16.2. The van der Waals surface area contributed by atoms with Gasteiger partial charge >= 0.3 is 0 Å². The summed E-state index contributed by atoms with van der Waals surface area (Å²) in [4.78, 5) is 38.0. The van der Waals surface area contributed by atoms with Crippen LogP contribution in [-0.4, -0.2) is 70.9 Å². The van der Waals surface area contributed by atoms with E-state index in [0.29, 0.717) is 25.4 Å². The molecule has 4 rings (SSSR count). The number of nitrogens with one attached hydrogen (secondary N) is 1. The second-order valence-electron chi connectivity index (χ2n) is 8.05. The zero-order valence-electron chi connectivity index (χ0n) is 15.8. The van der Waals surface area contributed by atoms with Gasteiger partial charge in [-0.2, -0.15) is 0 Å². The van der Waals surface area contributed by atoms with Crippen molar-refractivity contribution >= 4 is 11.8 Å². The van der Waals surface area contributed by atoms with Gasteiger partial charge in [-0.15, -0.1) is 0 Å². The smallest absolute Gasteiger partial charge is 0.226 e. The number of hydrogen-bond acceptors (Lipinski definition) is 5. The quantitative estimate of drug-likeness (QED) is 0.859. The first-order chi connectivity index (χ1) is 13.2. The molecule has 3 aliphatic heterocycles. The number of likely N-dealkylation sites (tertiary alicyclic amines) is 2. The largest absolute Gasteiger partial charge is 0.342 e. The summed E-state index contributed by atoms with van der Waals surface area (Å²) >= 11 is 0. The van der Waals surface area contributed by atoms with Crippen molar-refractivity contribution < 1.29 is 9.59 Å². The predicted molar refractivity (Wildman–Crippen MR) is 101 cm³/mol. The van der Waals surface area contributed by atoms with Crippen LogP contribution in [0.5, 0.6) is 0 Å². The standard InChI is InChI=1S/C20H29N5O2/c26-19(24-7-1-2-8-24)16-11-17(13-22-12-16)20(27)25-9-4-15(5-10-25)18-3-6-21-14-23-18/h3,6,14-17,22H,1-2,4-5,7-13H2/t16-,17+/m0/s1. The molecular formula is C20H29N5O2. The molecule has 3 saturated heterocycles. The number of rotatable bonds is 3. The van der Waals surface area contributed by atoms with Crippen LogP contribution in [0.15, 0.2) is 18.6 Å². The summed E-state index contributed by atoms with van der Waals surface area (Å²) in [6.07, 6.45) is 8.17. The van der Waals surface area contributed by atoms with E-state index in [4.69, 9.17) is 0 Å². The summed E-state index contributed by atoms with van der Waals surface area (Å²) in [6, 6.07) is 1.97. The minimum absolute atomic E-state index is 0.0515. The molecule has 27 heavy (non-hydrogen) atoms. The average molecular weight is 371 g/mol. The van der Waals surface area contributed by atoms with Gasteiger partial charge in [0.05, 0.1) is 11.8 Å². The number of hydrogen-bond donors (Lipinski definition) is 1. The number of aromatic nitrogens is 2. The highest BCUT2D eigenvalue weighted by molar-refractivity contribution is 5.83. The van der Waals surface area contributed by atoms with E-state index in [0.717, 1.165) is 57.6 Å². The topological polar surface area (TPSA) is 78.4 Å². The number of carbonyl (C=O) groups is 2. The van der Waals surface area contributed by atoms with Gasteiger partial charge in [0, 0.05) is 57.1 Å². The lowest BCUT2D eigenvalue weighted by Crippen LogP contribution is -2.50. The molecule has 0 bridgehead atoms. The number of piperidine rings is 2. The Labute approximate surface area is 160 Å². The Hall–Kier alpha value is -2.02. The molecule has 2 atom stereocenters. The molecule has 7 heteroatoms. The van der Waals surface area contributed by atoms with E-state index in [1.807, 2.05) is 15.9 Å². The van der Waals surface area contributed by atoms with E-state index >= 15 is 0 Å². The van der Waals surface area contributed by atoms with Crippen LogP contribution >= 0.6 is 0 Å². The molecule has 0 radical (unpaired) electrons. The van der Waals surface area contributed by atoms with Gasteiger partial charge in [-0.05, 0) is 38.2 Å². The van der Waals surface area contributed by atoms with Crippen LogP contribution in [0.25, 0.3) is 0 Å².